The smallest absolute Gasteiger partial charge is 0.191 e. The van der Waals surface area contributed by atoms with Crippen LogP contribution in [0.15, 0.2) is 35.3 Å². The molecule has 1 saturated carbocycles. The molecule has 0 bridgehead atoms. The number of anilines is 1. The van der Waals surface area contributed by atoms with Crippen molar-refractivity contribution in [1.29, 1.82) is 0 Å². The van der Waals surface area contributed by atoms with Crippen molar-refractivity contribution in [3.05, 3.63) is 42.0 Å². The van der Waals surface area contributed by atoms with Crippen LogP contribution < -0.4 is 15.5 Å². The fourth-order valence-corrected chi connectivity index (χ4v) is 3.92. The second kappa shape index (κ2) is 13.5. The van der Waals surface area contributed by atoms with Gasteiger partial charge in [-0.2, -0.15) is 0 Å². The summed E-state index contributed by atoms with van der Waals surface area (Å²) in [5, 5.41) is 15.6. The lowest BCUT2D eigenvalue weighted by atomic mass is 9.96. The van der Waals surface area contributed by atoms with Gasteiger partial charge in [-0.15, -0.1) is 34.2 Å². The number of nitrogens with zero attached hydrogens (tertiary/aromatic N) is 5. The van der Waals surface area contributed by atoms with Crippen molar-refractivity contribution in [2.75, 3.05) is 24.5 Å². The van der Waals surface area contributed by atoms with Gasteiger partial charge < -0.3 is 20.1 Å². The first-order chi connectivity index (χ1) is 14.7. The number of aryl methyl sites for hydroxylation is 1. The monoisotopic (exact) mass is 539 g/mol. The van der Waals surface area contributed by atoms with Crippen molar-refractivity contribution >= 4 is 35.6 Å². The van der Waals surface area contributed by atoms with Crippen LogP contribution >= 0.6 is 24.0 Å². The number of nitrogens with one attached hydrogen (secondary N) is 2. The molecule has 0 amide bonds. The first kappa shape index (κ1) is 25.4. The van der Waals surface area contributed by atoms with Gasteiger partial charge in [0.15, 0.2) is 11.8 Å². The molecule has 0 atom stereocenters. The molecule has 1 aromatic carbocycles. The minimum atomic E-state index is 0. The summed E-state index contributed by atoms with van der Waals surface area (Å²) in [6, 6.07) is 11.1. The Kier molecular flexibility index (Phi) is 11.1. The molecule has 0 radical (unpaired) electrons. The van der Waals surface area contributed by atoms with E-state index in [0.29, 0.717) is 12.6 Å². The first-order valence-corrected chi connectivity index (χ1v) is 11.4. The molecule has 1 aliphatic carbocycles. The molecule has 0 spiro atoms. The van der Waals surface area contributed by atoms with E-state index in [4.69, 9.17) is 4.99 Å². The van der Waals surface area contributed by atoms with E-state index < -0.39 is 0 Å². The Morgan fingerprint density at radius 2 is 1.90 bits per heavy atom. The highest BCUT2D eigenvalue weighted by atomic mass is 127. The fraction of sp³-hybridized carbons (Fsp3) is 0.609. The van der Waals surface area contributed by atoms with Crippen LogP contribution in [0, 0.1) is 6.92 Å². The Morgan fingerprint density at radius 1 is 1.16 bits per heavy atom. The van der Waals surface area contributed by atoms with E-state index in [0.717, 1.165) is 43.7 Å². The van der Waals surface area contributed by atoms with Gasteiger partial charge >= 0.3 is 0 Å². The van der Waals surface area contributed by atoms with Gasteiger partial charge in [-0.3, -0.25) is 0 Å². The van der Waals surface area contributed by atoms with Crippen LogP contribution in [0.3, 0.4) is 0 Å². The molecule has 31 heavy (non-hydrogen) atoms. The van der Waals surface area contributed by atoms with Gasteiger partial charge in [0.25, 0.3) is 0 Å². The molecule has 0 aliphatic heterocycles. The highest BCUT2D eigenvalue weighted by molar-refractivity contribution is 14.0. The molecule has 1 fully saturated rings. The quantitative estimate of drug-likeness (QED) is 0.218. The Balaban J connectivity index is 0.00000341. The van der Waals surface area contributed by atoms with Crippen molar-refractivity contribution < 1.29 is 0 Å². The lowest BCUT2D eigenvalue weighted by Crippen LogP contribution is -2.45. The standard InChI is InChI=1S/C23H37N7.HI/c1-4-30(21-14-9-6-10-15-21)17-11-16-24-23(26-20-12-7-5-8-13-20)25-18-22-28-27-19(2)29(22)3;/h6,9-10,14-15,20H,4-5,7-8,11-13,16-18H2,1-3H3,(H2,24,25,26);1H. The zero-order valence-electron chi connectivity index (χ0n) is 19.2. The number of hydrogen-bond donors (Lipinski definition) is 2. The number of rotatable bonds is 9. The summed E-state index contributed by atoms with van der Waals surface area (Å²) in [5.74, 6) is 2.69. The third kappa shape index (κ3) is 7.97. The highest BCUT2D eigenvalue weighted by Gasteiger charge is 2.15. The number of aliphatic imine (C=N–C) groups is 1. The van der Waals surface area contributed by atoms with E-state index in [2.05, 4.69) is 63.0 Å². The number of guanidine groups is 1. The van der Waals surface area contributed by atoms with Crippen molar-refractivity contribution in [2.45, 2.75) is 65.0 Å². The number of para-hydroxylation sites is 1. The summed E-state index contributed by atoms with van der Waals surface area (Å²) >= 11 is 0. The van der Waals surface area contributed by atoms with Crippen LogP contribution in [0.25, 0.3) is 0 Å². The molecule has 2 N–H and O–H groups in total. The largest absolute Gasteiger partial charge is 0.372 e. The summed E-state index contributed by atoms with van der Waals surface area (Å²) in [4.78, 5) is 7.23. The van der Waals surface area contributed by atoms with E-state index in [1.165, 1.54) is 37.8 Å². The lowest BCUT2D eigenvalue weighted by molar-refractivity contribution is 0.409. The average molecular weight is 540 g/mol. The summed E-state index contributed by atoms with van der Waals surface area (Å²) < 4.78 is 2.00. The van der Waals surface area contributed by atoms with Gasteiger partial charge in [0.1, 0.15) is 12.4 Å². The second-order valence-electron chi connectivity index (χ2n) is 8.06. The maximum Gasteiger partial charge on any atom is 0.191 e. The van der Waals surface area contributed by atoms with E-state index in [1.54, 1.807) is 0 Å². The molecular weight excluding hydrogens is 501 g/mol. The van der Waals surface area contributed by atoms with Crippen LogP contribution in [-0.2, 0) is 13.6 Å². The molecular formula is C23H38IN7. The SMILES string of the molecule is CCN(CCCNC(=NCc1nnc(C)n1C)NC1CCCCC1)c1ccccc1.I. The van der Waals surface area contributed by atoms with Crippen molar-refractivity contribution in [3.8, 4) is 0 Å². The molecule has 1 aliphatic rings. The van der Waals surface area contributed by atoms with E-state index in [1.807, 2.05) is 18.5 Å². The maximum absolute atomic E-state index is 4.81. The van der Waals surface area contributed by atoms with E-state index in [-0.39, 0.29) is 24.0 Å². The van der Waals surface area contributed by atoms with Crippen LogP contribution in [0.2, 0.25) is 0 Å². The predicted molar refractivity (Wildman–Crippen MR) is 139 cm³/mol. The number of benzene rings is 1. The molecule has 7 nitrogen and oxygen atoms in total. The van der Waals surface area contributed by atoms with Crippen LogP contribution in [0.5, 0.6) is 0 Å². The lowest BCUT2D eigenvalue weighted by Gasteiger charge is -2.26. The summed E-state index contributed by atoms with van der Waals surface area (Å²) in [6.45, 7) is 7.63. The van der Waals surface area contributed by atoms with Gasteiger partial charge in [-0.1, -0.05) is 37.5 Å². The molecule has 0 saturated heterocycles. The normalized spacial score (nSPS) is 14.7. The minimum absolute atomic E-state index is 0. The molecule has 2 aromatic rings. The number of aromatic nitrogens is 3. The average Bonchev–Trinajstić information content (AvgIpc) is 3.11. The summed E-state index contributed by atoms with van der Waals surface area (Å²) in [6.07, 6.45) is 7.45. The molecule has 8 heteroatoms. The Bertz CT molecular complexity index is 784. The Labute approximate surface area is 204 Å². The Hall–Kier alpha value is -1.84. The summed E-state index contributed by atoms with van der Waals surface area (Å²) in [5.41, 5.74) is 1.28. The van der Waals surface area contributed by atoms with Gasteiger partial charge in [-0.05, 0) is 45.2 Å². The molecule has 1 heterocycles. The maximum atomic E-state index is 4.81. The van der Waals surface area contributed by atoms with Crippen LogP contribution in [0.1, 0.15) is 57.1 Å². The molecule has 3 rings (SSSR count). The van der Waals surface area contributed by atoms with Crippen LogP contribution in [0.4, 0.5) is 5.69 Å². The van der Waals surface area contributed by atoms with Crippen LogP contribution in [-0.4, -0.2) is 46.4 Å². The van der Waals surface area contributed by atoms with E-state index >= 15 is 0 Å². The second-order valence-corrected chi connectivity index (χ2v) is 8.06. The van der Waals surface area contributed by atoms with Gasteiger partial charge in [-0.25, -0.2) is 4.99 Å². The first-order valence-electron chi connectivity index (χ1n) is 11.4. The van der Waals surface area contributed by atoms with Crippen molar-refractivity contribution in [2.24, 2.45) is 12.0 Å². The third-order valence-electron chi connectivity index (χ3n) is 5.91. The molecule has 0 unspecified atom stereocenters. The predicted octanol–water partition coefficient (Wildman–Crippen LogP) is 4.03. The van der Waals surface area contributed by atoms with E-state index in [9.17, 15) is 0 Å². The Morgan fingerprint density at radius 3 is 2.55 bits per heavy atom. The highest BCUT2D eigenvalue weighted by Crippen LogP contribution is 2.17. The zero-order valence-corrected chi connectivity index (χ0v) is 21.5. The van der Waals surface area contributed by atoms with Crippen molar-refractivity contribution in [1.82, 2.24) is 25.4 Å². The number of hydrogen-bond acceptors (Lipinski definition) is 4. The zero-order chi connectivity index (χ0) is 21.2. The van der Waals surface area contributed by atoms with Crippen molar-refractivity contribution in [3.63, 3.8) is 0 Å². The minimum Gasteiger partial charge on any atom is -0.372 e. The third-order valence-corrected chi connectivity index (χ3v) is 5.91. The number of halogens is 1. The summed E-state index contributed by atoms with van der Waals surface area (Å²) in [7, 11) is 1.99. The van der Waals surface area contributed by atoms with Gasteiger partial charge in [0, 0.05) is 38.4 Å². The fourth-order valence-electron chi connectivity index (χ4n) is 3.92. The molecule has 172 valence electrons. The molecule has 1 aromatic heterocycles. The topological polar surface area (TPSA) is 70.4 Å². The van der Waals surface area contributed by atoms with Gasteiger partial charge in [0.05, 0.1) is 0 Å². The van der Waals surface area contributed by atoms with Gasteiger partial charge in [0.2, 0.25) is 0 Å².